The summed E-state index contributed by atoms with van der Waals surface area (Å²) in [5, 5.41) is 17.7. The van der Waals surface area contributed by atoms with Gasteiger partial charge in [-0.1, -0.05) is 12.1 Å². The smallest absolute Gasteiger partial charge is 0.269 e. The number of β-amino-alcohol motifs (C(OH)–C–C–N with tert-alkyl or cyclic N) is 1. The second-order valence-corrected chi connectivity index (χ2v) is 5.25. The highest BCUT2D eigenvalue weighted by molar-refractivity contribution is 5.90. The second-order valence-electron chi connectivity index (χ2n) is 5.25. The average Bonchev–Trinajstić information content (AvgIpc) is 2.90. The molecule has 2 aromatic rings. The number of carbonyl (C=O) groups is 1. The Morgan fingerprint density at radius 1 is 1.23 bits per heavy atom. The quantitative estimate of drug-likeness (QED) is 0.883. The molecule has 1 amide bonds. The molecule has 1 aliphatic heterocycles. The van der Waals surface area contributed by atoms with E-state index in [1.807, 2.05) is 4.90 Å². The fourth-order valence-corrected chi connectivity index (χ4v) is 2.68. The molecule has 3 rings (SSSR count). The van der Waals surface area contributed by atoms with Gasteiger partial charge in [0, 0.05) is 6.54 Å². The minimum atomic E-state index is -0.643. The Kier molecular flexibility index (Phi) is 3.72. The van der Waals surface area contributed by atoms with E-state index in [0.717, 1.165) is 5.56 Å². The zero-order valence-electron chi connectivity index (χ0n) is 11.7. The summed E-state index contributed by atoms with van der Waals surface area (Å²) < 4.78 is 13.1. The van der Waals surface area contributed by atoms with Crippen LogP contribution in [0.15, 0.2) is 36.4 Å². The Balaban J connectivity index is 1.90. The number of nitrogens with two attached hydrogens (primary N) is 1. The molecular weight excluding hydrogens is 287 g/mol. The SMILES string of the molecule is NC(=O)c1ccc(N2C[C@H](O)C[C@@H]2c2ccc(F)cc2)nn1. The first-order valence-electron chi connectivity index (χ1n) is 6.88. The molecule has 3 N–H and O–H groups in total. The zero-order chi connectivity index (χ0) is 15.7. The molecule has 2 atom stereocenters. The van der Waals surface area contributed by atoms with Crippen molar-refractivity contribution >= 4 is 11.7 Å². The Morgan fingerprint density at radius 2 is 1.95 bits per heavy atom. The number of hydrogen-bond donors (Lipinski definition) is 2. The maximum absolute atomic E-state index is 13.1. The number of halogens is 1. The van der Waals surface area contributed by atoms with Crippen LogP contribution in [0.1, 0.15) is 28.5 Å². The van der Waals surface area contributed by atoms with E-state index >= 15 is 0 Å². The molecule has 2 heterocycles. The van der Waals surface area contributed by atoms with Crippen LogP contribution >= 0.6 is 0 Å². The standard InChI is InChI=1S/C15H15FN4O2/c16-10-3-1-9(2-4-10)13-7-11(21)8-20(13)14-6-5-12(15(17)22)18-19-14/h1-6,11,13,21H,7-8H2,(H2,17,22)/t11-,13-/m1/s1. The normalized spacial score (nSPS) is 21.1. The Hall–Kier alpha value is -2.54. The molecule has 0 unspecified atom stereocenters. The largest absolute Gasteiger partial charge is 0.391 e. The van der Waals surface area contributed by atoms with Crippen LogP contribution in [0.4, 0.5) is 10.2 Å². The molecule has 1 aromatic heterocycles. The molecule has 1 saturated heterocycles. The number of aliphatic hydroxyl groups excluding tert-OH is 1. The van der Waals surface area contributed by atoms with Crippen LogP contribution in [0, 0.1) is 5.82 Å². The van der Waals surface area contributed by atoms with Crippen molar-refractivity contribution in [2.75, 3.05) is 11.4 Å². The minimum Gasteiger partial charge on any atom is -0.391 e. The molecule has 0 bridgehead atoms. The number of rotatable bonds is 3. The monoisotopic (exact) mass is 302 g/mol. The molecule has 1 aromatic carbocycles. The zero-order valence-corrected chi connectivity index (χ0v) is 11.7. The van der Waals surface area contributed by atoms with E-state index in [9.17, 15) is 14.3 Å². The van der Waals surface area contributed by atoms with E-state index < -0.39 is 12.0 Å². The fraction of sp³-hybridized carbons (Fsp3) is 0.267. The van der Waals surface area contributed by atoms with Crippen LogP contribution in [0.5, 0.6) is 0 Å². The van der Waals surface area contributed by atoms with Crippen molar-refractivity contribution in [3.63, 3.8) is 0 Å². The summed E-state index contributed by atoms with van der Waals surface area (Å²) >= 11 is 0. The van der Waals surface area contributed by atoms with Gasteiger partial charge in [0.25, 0.3) is 5.91 Å². The van der Waals surface area contributed by atoms with Crippen molar-refractivity contribution in [1.29, 1.82) is 0 Å². The fourth-order valence-electron chi connectivity index (χ4n) is 2.68. The Labute approximate surface area is 126 Å². The van der Waals surface area contributed by atoms with Gasteiger partial charge in [-0.15, -0.1) is 10.2 Å². The summed E-state index contributed by atoms with van der Waals surface area (Å²) in [5.41, 5.74) is 6.11. The molecule has 1 fully saturated rings. The van der Waals surface area contributed by atoms with Gasteiger partial charge in [-0.25, -0.2) is 4.39 Å². The lowest BCUT2D eigenvalue weighted by molar-refractivity contribution is 0.0994. The molecule has 1 aliphatic rings. The van der Waals surface area contributed by atoms with Crippen LogP contribution < -0.4 is 10.6 Å². The van der Waals surface area contributed by atoms with Crippen LogP contribution in [-0.2, 0) is 0 Å². The van der Waals surface area contributed by atoms with Crippen molar-refractivity contribution in [2.24, 2.45) is 5.73 Å². The lowest BCUT2D eigenvalue weighted by atomic mass is 10.0. The predicted octanol–water partition coefficient (Wildman–Crippen LogP) is 1.03. The van der Waals surface area contributed by atoms with Gasteiger partial charge in [0.15, 0.2) is 11.5 Å². The van der Waals surface area contributed by atoms with Crippen LogP contribution in [-0.4, -0.2) is 33.9 Å². The Morgan fingerprint density at radius 3 is 2.55 bits per heavy atom. The van der Waals surface area contributed by atoms with E-state index in [2.05, 4.69) is 10.2 Å². The molecule has 114 valence electrons. The summed E-state index contributed by atoms with van der Waals surface area (Å²) in [6.45, 7) is 0.395. The number of benzene rings is 1. The number of aromatic nitrogens is 2. The number of nitrogens with zero attached hydrogens (tertiary/aromatic N) is 3. The van der Waals surface area contributed by atoms with Crippen LogP contribution in [0.25, 0.3) is 0 Å². The van der Waals surface area contributed by atoms with E-state index in [4.69, 9.17) is 5.73 Å². The summed E-state index contributed by atoms with van der Waals surface area (Å²) in [6, 6.07) is 9.18. The first-order chi connectivity index (χ1) is 10.5. The number of amides is 1. The summed E-state index contributed by atoms with van der Waals surface area (Å²) in [6.07, 6.45) is 0.0119. The van der Waals surface area contributed by atoms with Gasteiger partial charge < -0.3 is 15.7 Å². The van der Waals surface area contributed by atoms with Crippen molar-refractivity contribution in [1.82, 2.24) is 10.2 Å². The number of primary amides is 1. The van der Waals surface area contributed by atoms with E-state index in [-0.39, 0.29) is 17.6 Å². The molecule has 6 nitrogen and oxygen atoms in total. The van der Waals surface area contributed by atoms with Gasteiger partial charge in [0.05, 0.1) is 12.1 Å². The topological polar surface area (TPSA) is 92.3 Å². The van der Waals surface area contributed by atoms with Crippen LogP contribution in [0.2, 0.25) is 0 Å². The predicted molar refractivity (Wildman–Crippen MR) is 77.7 cm³/mol. The van der Waals surface area contributed by atoms with E-state index in [0.29, 0.717) is 18.8 Å². The highest BCUT2D eigenvalue weighted by Gasteiger charge is 2.33. The van der Waals surface area contributed by atoms with Crippen molar-refractivity contribution in [3.05, 3.63) is 53.5 Å². The molecule has 0 saturated carbocycles. The first-order valence-corrected chi connectivity index (χ1v) is 6.88. The van der Waals surface area contributed by atoms with Gasteiger partial charge in [0.2, 0.25) is 0 Å². The van der Waals surface area contributed by atoms with Gasteiger partial charge in [-0.05, 0) is 36.2 Å². The van der Waals surface area contributed by atoms with Gasteiger partial charge in [-0.3, -0.25) is 4.79 Å². The third-order valence-electron chi connectivity index (χ3n) is 3.73. The number of aliphatic hydroxyl groups is 1. The summed E-state index contributed by atoms with van der Waals surface area (Å²) in [5.74, 6) is -0.411. The molecule has 0 spiro atoms. The molecular formula is C15H15FN4O2. The minimum absolute atomic E-state index is 0.0850. The number of anilines is 1. The van der Waals surface area contributed by atoms with Gasteiger partial charge in [-0.2, -0.15) is 0 Å². The van der Waals surface area contributed by atoms with Crippen LogP contribution in [0.3, 0.4) is 0 Å². The van der Waals surface area contributed by atoms with Gasteiger partial charge in [0.1, 0.15) is 5.82 Å². The molecule has 7 heteroatoms. The third kappa shape index (κ3) is 2.75. The lowest BCUT2D eigenvalue weighted by Crippen LogP contribution is -2.26. The van der Waals surface area contributed by atoms with E-state index in [1.165, 1.54) is 18.2 Å². The number of hydrogen-bond acceptors (Lipinski definition) is 5. The highest BCUT2D eigenvalue weighted by atomic mass is 19.1. The Bertz CT molecular complexity index is 675. The summed E-state index contributed by atoms with van der Waals surface area (Å²) in [4.78, 5) is 12.9. The molecule has 0 radical (unpaired) electrons. The van der Waals surface area contributed by atoms with E-state index in [1.54, 1.807) is 18.2 Å². The summed E-state index contributed by atoms with van der Waals surface area (Å²) in [7, 11) is 0. The van der Waals surface area contributed by atoms with Crippen molar-refractivity contribution in [2.45, 2.75) is 18.6 Å². The van der Waals surface area contributed by atoms with Gasteiger partial charge >= 0.3 is 0 Å². The van der Waals surface area contributed by atoms with Crippen molar-refractivity contribution < 1.29 is 14.3 Å². The second kappa shape index (κ2) is 5.69. The highest BCUT2D eigenvalue weighted by Crippen LogP contribution is 2.35. The first kappa shape index (κ1) is 14.4. The average molecular weight is 302 g/mol. The molecule has 22 heavy (non-hydrogen) atoms. The maximum atomic E-state index is 13.1. The number of carbonyl (C=O) groups excluding carboxylic acids is 1. The van der Waals surface area contributed by atoms with Crippen molar-refractivity contribution in [3.8, 4) is 0 Å². The maximum Gasteiger partial charge on any atom is 0.269 e. The lowest BCUT2D eigenvalue weighted by Gasteiger charge is -2.25. The molecule has 0 aliphatic carbocycles. The third-order valence-corrected chi connectivity index (χ3v) is 3.73.